The Bertz CT molecular complexity index is 1210. The number of carbonyl (C=O) groups is 1. The first-order valence-corrected chi connectivity index (χ1v) is 10.2. The van der Waals surface area contributed by atoms with Crippen LogP contribution in [0.3, 0.4) is 0 Å². The lowest BCUT2D eigenvalue weighted by Crippen LogP contribution is -2.22. The maximum absolute atomic E-state index is 14.3. The number of nitrogens with two attached hydrogens (primary N) is 2. The predicted octanol–water partition coefficient (Wildman–Crippen LogP) is 4.23. The highest BCUT2D eigenvalue weighted by atomic mass is 32.1. The molecular formula is C23H23FN4O2S. The lowest BCUT2D eigenvalue weighted by Gasteiger charge is -2.12. The third-order valence-corrected chi connectivity index (χ3v) is 5.88. The normalized spacial score (nSPS) is 10.9. The Morgan fingerprint density at radius 3 is 2.74 bits per heavy atom. The molecule has 0 atom stereocenters. The van der Waals surface area contributed by atoms with Crippen LogP contribution in [0.2, 0.25) is 0 Å². The summed E-state index contributed by atoms with van der Waals surface area (Å²) >= 11 is 1.33. The number of anilines is 1. The molecule has 1 heterocycles. The molecule has 0 saturated carbocycles. The molecule has 0 aliphatic rings. The SMILES string of the molecule is C=C/C=C\C(NCc1cc(NC(=O)c2sc3ccc(O)cc3c2C)ccc1F)=C(N)N. The van der Waals surface area contributed by atoms with Gasteiger partial charge in [0.25, 0.3) is 5.91 Å². The molecule has 31 heavy (non-hydrogen) atoms. The second-order valence-corrected chi connectivity index (χ2v) is 7.87. The van der Waals surface area contributed by atoms with E-state index in [-0.39, 0.29) is 24.0 Å². The second kappa shape index (κ2) is 9.36. The van der Waals surface area contributed by atoms with Crippen molar-refractivity contribution in [2.45, 2.75) is 13.5 Å². The zero-order chi connectivity index (χ0) is 22.5. The van der Waals surface area contributed by atoms with Gasteiger partial charge in [0.2, 0.25) is 0 Å². The first-order valence-electron chi connectivity index (χ1n) is 9.40. The van der Waals surface area contributed by atoms with Gasteiger partial charge in [0.05, 0.1) is 10.6 Å². The van der Waals surface area contributed by atoms with Crippen LogP contribution in [0.5, 0.6) is 5.75 Å². The Balaban J connectivity index is 1.79. The zero-order valence-corrected chi connectivity index (χ0v) is 17.7. The van der Waals surface area contributed by atoms with Crippen LogP contribution in [0, 0.1) is 12.7 Å². The van der Waals surface area contributed by atoms with Crippen molar-refractivity contribution in [2.75, 3.05) is 5.32 Å². The van der Waals surface area contributed by atoms with Crippen molar-refractivity contribution in [1.82, 2.24) is 5.32 Å². The fourth-order valence-electron chi connectivity index (χ4n) is 3.01. The van der Waals surface area contributed by atoms with Gasteiger partial charge >= 0.3 is 0 Å². The average molecular weight is 439 g/mol. The fraction of sp³-hybridized carbons (Fsp3) is 0.0870. The Morgan fingerprint density at radius 1 is 1.26 bits per heavy atom. The van der Waals surface area contributed by atoms with Crippen LogP contribution in [0.15, 0.2) is 72.7 Å². The number of phenolic OH excluding ortho intramolecular Hbond substituents is 1. The molecule has 0 aliphatic heterocycles. The van der Waals surface area contributed by atoms with Gasteiger partial charge in [-0.25, -0.2) is 4.39 Å². The molecule has 1 aromatic heterocycles. The van der Waals surface area contributed by atoms with E-state index in [2.05, 4.69) is 17.2 Å². The molecule has 2 aromatic carbocycles. The molecule has 3 rings (SSSR count). The van der Waals surface area contributed by atoms with Crippen LogP contribution in [0.4, 0.5) is 10.1 Å². The van der Waals surface area contributed by atoms with Crippen molar-refractivity contribution in [3.63, 3.8) is 0 Å². The Hall–Kier alpha value is -3.78. The first kappa shape index (κ1) is 21.9. The number of nitrogens with one attached hydrogen (secondary N) is 2. The lowest BCUT2D eigenvalue weighted by molar-refractivity contribution is 0.103. The molecule has 6 nitrogen and oxygen atoms in total. The van der Waals surface area contributed by atoms with Crippen molar-refractivity contribution >= 4 is 33.0 Å². The van der Waals surface area contributed by atoms with E-state index in [1.807, 2.05) is 6.92 Å². The van der Waals surface area contributed by atoms with Crippen molar-refractivity contribution in [3.05, 3.63) is 94.5 Å². The number of carbonyl (C=O) groups excluding carboxylic acids is 1. The number of allylic oxidation sites excluding steroid dienone is 3. The summed E-state index contributed by atoms with van der Waals surface area (Å²) in [4.78, 5) is 13.4. The van der Waals surface area contributed by atoms with Gasteiger partial charge in [0.15, 0.2) is 0 Å². The van der Waals surface area contributed by atoms with Gasteiger partial charge in [0, 0.05) is 22.5 Å². The van der Waals surface area contributed by atoms with Crippen molar-refractivity contribution in [2.24, 2.45) is 11.5 Å². The summed E-state index contributed by atoms with van der Waals surface area (Å²) in [5, 5.41) is 16.3. The van der Waals surface area contributed by atoms with E-state index in [0.29, 0.717) is 21.8 Å². The maximum Gasteiger partial charge on any atom is 0.266 e. The summed E-state index contributed by atoms with van der Waals surface area (Å²) in [6.45, 7) is 5.53. The summed E-state index contributed by atoms with van der Waals surface area (Å²) in [5.74, 6) is -0.522. The smallest absolute Gasteiger partial charge is 0.266 e. The number of fused-ring (bicyclic) bond motifs is 1. The summed E-state index contributed by atoms with van der Waals surface area (Å²) in [5.41, 5.74) is 13.3. The van der Waals surface area contributed by atoms with E-state index in [4.69, 9.17) is 11.5 Å². The number of phenols is 1. The van der Waals surface area contributed by atoms with Gasteiger partial charge in [-0.15, -0.1) is 11.3 Å². The van der Waals surface area contributed by atoms with Gasteiger partial charge in [-0.2, -0.15) is 0 Å². The second-order valence-electron chi connectivity index (χ2n) is 6.81. The van der Waals surface area contributed by atoms with E-state index < -0.39 is 5.82 Å². The van der Waals surface area contributed by atoms with Gasteiger partial charge in [-0.1, -0.05) is 18.7 Å². The number of amides is 1. The topological polar surface area (TPSA) is 113 Å². The quantitative estimate of drug-likeness (QED) is 0.354. The van der Waals surface area contributed by atoms with Crippen LogP contribution in [-0.4, -0.2) is 11.0 Å². The fourth-order valence-corrected chi connectivity index (χ4v) is 4.10. The van der Waals surface area contributed by atoms with E-state index in [1.54, 1.807) is 42.5 Å². The highest BCUT2D eigenvalue weighted by Crippen LogP contribution is 2.33. The molecular weight excluding hydrogens is 415 g/mol. The summed E-state index contributed by atoms with van der Waals surface area (Å²) in [6.07, 6.45) is 4.86. The Labute approximate surface area is 183 Å². The molecule has 0 fully saturated rings. The van der Waals surface area contributed by atoms with E-state index in [1.165, 1.54) is 23.5 Å². The number of rotatable bonds is 7. The molecule has 0 saturated heterocycles. The van der Waals surface area contributed by atoms with E-state index >= 15 is 0 Å². The minimum Gasteiger partial charge on any atom is -0.508 e. The molecule has 8 heteroatoms. The van der Waals surface area contributed by atoms with Gasteiger partial charge < -0.3 is 27.2 Å². The molecule has 0 unspecified atom stereocenters. The van der Waals surface area contributed by atoms with Crippen LogP contribution in [0.25, 0.3) is 10.1 Å². The molecule has 160 valence electrons. The molecule has 0 aliphatic carbocycles. The molecule has 1 amide bonds. The Kier molecular flexibility index (Phi) is 6.61. The van der Waals surface area contributed by atoms with E-state index in [0.717, 1.165) is 15.6 Å². The number of hydrogen-bond acceptors (Lipinski definition) is 6. The van der Waals surface area contributed by atoms with Gasteiger partial charge in [0.1, 0.15) is 17.4 Å². The third kappa shape index (κ3) is 5.04. The summed E-state index contributed by atoms with van der Waals surface area (Å²) in [7, 11) is 0. The largest absolute Gasteiger partial charge is 0.508 e. The first-order chi connectivity index (χ1) is 14.8. The molecule has 7 N–H and O–H groups in total. The standard InChI is InChI=1S/C23H23FN4O2S/c1-3-4-5-19(22(25)26)27-12-14-10-15(6-8-18(14)24)28-23(30)21-13(2)17-11-16(29)7-9-20(17)31-21/h3-11,27,29H,1,12,25-26H2,2H3,(H,28,30)/b5-4-. The minimum atomic E-state index is -0.429. The minimum absolute atomic E-state index is 0.0641. The van der Waals surface area contributed by atoms with Crippen molar-refractivity contribution in [1.29, 1.82) is 0 Å². The summed E-state index contributed by atoms with van der Waals surface area (Å²) in [6, 6.07) is 9.33. The summed E-state index contributed by atoms with van der Waals surface area (Å²) < 4.78 is 15.2. The number of halogens is 1. The van der Waals surface area contributed by atoms with Crippen LogP contribution < -0.4 is 22.1 Å². The van der Waals surface area contributed by atoms with Crippen molar-refractivity contribution < 1.29 is 14.3 Å². The highest BCUT2D eigenvalue weighted by Gasteiger charge is 2.16. The molecule has 0 spiro atoms. The number of thiophene rings is 1. The predicted molar refractivity (Wildman–Crippen MR) is 124 cm³/mol. The van der Waals surface area contributed by atoms with Gasteiger partial charge in [-0.3, -0.25) is 4.79 Å². The molecule has 3 aromatic rings. The van der Waals surface area contributed by atoms with Crippen LogP contribution in [0.1, 0.15) is 20.8 Å². The van der Waals surface area contributed by atoms with Crippen LogP contribution in [-0.2, 0) is 6.54 Å². The Morgan fingerprint density at radius 2 is 2.03 bits per heavy atom. The lowest BCUT2D eigenvalue weighted by atomic mass is 10.1. The van der Waals surface area contributed by atoms with Gasteiger partial charge in [-0.05, 0) is 60.3 Å². The van der Waals surface area contributed by atoms with E-state index in [9.17, 15) is 14.3 Å². The number of aryl methyl sites for hydroxylation is 1. The maximum atomic E-state index is 14.3. The number of aromatic hydroxyl groups is 1. The average Bonchev–Trinajstić information content (AvgIpc) is 3.06. The highest BCUT2D eigenvalue weighted by molar-refractivity contribution is 7.21. The monoisotopic (exact) mass is 438 g/mol. The van der Waals surface area contributed by atoms with Crippen LogP contribution >= 0.6 is 11.3 Å². The number of hydrogen-bond donors (Lipinski definition) is 5. The number of benzene rings is 2. The molecule has 0 radical (unpaired) electrons. The van der Waals surface area contributed by atoms with Crippen molar-refractivity contribution in [3.8, 4) is 5.75 Å². The third-order valence-electron chi connectivity index (χ3n) is 4.61. The molecule has 0 bridgehead atoms. The zero-order valence-electron chi connectivity index (χ0n) is 16.9.